The van der Waals surface area contributed by atoms with Gasteiger partial charge in [-0.15, -0.1) is 0 Å². The fourth-order valence-corrected chi connectivity index (χ4v) is 1.81. The van der Waals surface area contributed by atoms with E-state index in [1.165, 1.54) is 12.1 Å². The molecular formula is C13H11FN4O. The number of halogens is 1. The summed E-state index contributed by atoms with van der Waals surface area (Å²) in [4.78, 5) is 20.6. The molecule has 1 aromatic carbocycles. The van der Waals surface area contributed by atoms with Crippen LogP contribution in [0.2, 0.25) is 0 Å². The van der Waals surface area contributed by atoms with Crippen LogP contribution in [0.25, 0.3) is 11.2 Å². The number of hydrogen-bond donors (Lipinski definition) is 3. The minimum Gasteiger partial charge on any atom is -0.366 e. The third-order valence-corrected chi connectivity index (χ3v) is 2.76. The van der Waals surface area contributed by atoms with Crippen molar-refractivity contribution in [2.24, 2.45) is 0 Å². The van der Waals surface area contributed by atoms with Gasteiger partial charge in [0.1, 0.15) is 11.6 Å². The number of imidazole rings is 1. The molecule has 0 spiro atoms. The predicted molar refractivity (Wildman–Crippen MR) is 70.4 cm³/mol. The zero-order valence-electron chi connectivity index (χ0n) is 9.90. The summed E-state index contributed by atoms with van der Waals surface area (Å²) in [5.74, 6) is 0.389. The molecule has 5 nitrogen and oxygen atoms in total. The lowest BCUT2D eigenvalue weighted by Crippen LogP contribution is -2.01. The normalized spacial score (nSPS) is 10.8. The molecular weight excluding hydrogens is 247 g/mol. The Morgan fingerprint density at radius 1 is 1.11 bits per heavy atom. The Morgan fingerprint density at radius 3 is 2.68 bits per heavy atom. The number of rotatable bonds is 3. The second kappa shape index (κ2) is 4.56. The molecule has 0 bridgehead atoms. The maximum absolute atomic E-state index is 12.8. The summed E-state index contributed by atoms with van der Waals surface area (Å²) in [6, 6.07) is 9.79. The second-order valence-electron chi connectivity index (χ2n) is 4.15. The smallest absolute Gasteiger partial charge is 0.325 e. The highest BCUT2D eigenvalue weighted by molar-refractivity contribution is 5.71. The van der Waals surface area contributed by atoms with Crippen molar-refractivity contribution in [1.29, 1.82) is 0 Å². The SMILES string of the molecule is O=c1[nH]c2ccc(NCc3ccc(F)cc3)nc2[nH]1. The zero-order chi connectivity index (χ0) is 13.2. The molecule has 3 rings (SSSR count). The van der Waals surface area contributed by atoms with Gasteiger partial charge in [-0.2, -0.15) is 0 Å². The number of aromatic amines is 2. The molecule has 0 fully saturated rings. The molecule has 0 aliphatic carbocycles. The van der Waals surface area contributed by atoms with Crippen LogP contribution in [-0.2, 0) is 6.54 Å². The summed E-state index contributed by atoms with van der Waals surface area (Å²) in [5.41, 5.74) is 1.84. The molecule has 0 amide bonds. The number of aromatic nitrogens is 3. The number of fused-ring (bicyclic) bond motifs is 1. The molecule has 19 heavy (non-hydrogen) atoms. The molecule has 3 aromatic rings. The highest BCUT2D eigenvalue weighted by Crippen LogP contribution is 2.11. The Labute approximate surface area is 107 Å². The fourth-order valence-electron chi connectivity index (χ4n) is 1.81. The van der Waals surface area contributed by atoms with E-state index in [2.05, 4.69) is 20.3 Å². The summed E-state index contributed by atoms with van der Waals surface area (Å²) in [5, 5.41) is 3.11. The van der Waals surface area contributed by atoms with E-state index in [9.17, 15) is 9.18 Å². The molecule has 0 aliphatic heterocycles. The van der Waals surface area contributed by atoms with Crippen LogP contribution in [0.4, 0.5) is 10.2 Å². The summed E-state index contributed by atoms with van der Waals surface area (Å²) >= 11 is 0. The fraction of sp³-hybridized carbons (Fsp3) is 0.0769. The van der Waals surface area contributed by atoms with Gasteiger partial charge < -0.3 is 10.3 Å². The molecule has 0 unspecified atom stereocenters. The number of hydrogen-bond acceptors (Lipinski definition) is 3. The van der Waals surface area contributed by atoms with E-state index in [0.717, 1.165) is 5.56 Å². The number of nitrogens with zero attached hydrogens (tertiary/aromatic N) is 1. The molecule has 0 aliphatic rings. The van der Waals surface area contributed by atoms with Crippen molar-refractivity contribution in [2.45, 2.75) is 6.54 Å². The molecule has 0 saturated heterocycles. The minimum atomic E-state index is -0.279. The lowest BCUT2D eigenvalue weighted by Gasteiger charge is -2.05. The number of anilines is 1. The number of pyridine rings is 1. The van der Waals surface area contributed by atoms with Crippen LogP contribution in [-0.4, -0.2) is 15.0 Å². The van der Waals surface area contributed by atoms with Crippen LogP contribution < -0.4 is 11.0 Å². The summed E-state index contributed by atoms with van der Waals surface area (Å²) in [7, 11) is 0. The molecule has 2 heterocycles. The average Bonchev–Trinajstić information content (AvgIpc) is 2.77. The van der Waals surface area contributed by atoms with Crippen molar-refractivity contribution in [3.8, 4) is 0 Å². The van der Waals surface area contributed by atoms with Gasteiger partial charge in [-0.1, -0.05) is 12.1 Å². The maximum Gasteiger partial charge on any atom is 0.325 e. The lowest BCUT2D eigenvalue weighted by molar-refractivity contribution is 0.627. The van der Waals surface area contributed by atoms with E-state index < -0.39 is 0 Å². The van der Waals surface area contributed by atoms with Crippen LogP contribution in [0.3, 0.4) is 0 Å². The molecule has 6 heteroatoms. The Hall–Kier alpha value is -2.63. The first kappa shape index (κ1) is 11.5. The summed E-state index contributed by atoms with van der Waals surface area (Å²) in [6.07, 6.45) is 0. The van der Waals surface area contributed by atoms with Crippen molar-refractivity contribution in [3.05, 3.63) is 58.3 Å². The van der Waals surface area contributed by atoms with Gasteiger partial charge in [0.2, 0.25) is 0 Å². The van der Waals surface area contributed by atoms with Gasteiger partial charge >= 0.3 is 5.69 Å². The van der Waals surface area contributed by atoms with Crippen LogP contribution >= 0.6 is 0 Å². The van der Waals surface area contributed by atoms with Gasteiger partial charge in [-0.3, -0.25) is 4.98 Å². The van der Waals surface area contributed by atoms with Crippen molar-refractivity contribution in [2.75, 3.05) is 5.32 Å². The second-order valence-corrected chi connectivity index (χ2v) is 4.15. The number of benzene rings is 1. The zero-order valence-corrected chi connectivity index (χ0v) is 9.90. The Morgan fingerprint density at radius 2 is 1.89 bits per heavy atom. The van der Waals surface area contributed by atoms with Gasteiger partial charge in [-0.25, -0.2) is 14.2 Å². The van der Waals surface area contributed by atoms with E-state index in [0.29, 0.717) is 23.5 Å². The van der Waals surface area contributed by atoms with Crippen LogP contribution in [0.15, 0.2) is 41.2 Å². The predicted octanol–water partition coefficient (Wildman–Crippen LogP) is 2.00. The molecule has 0 radical (unpaired) electrons. The minimum absolute atomic E-state index is 0.256. The first-order valence-electron chi connectivity index (χ1n) is 5.78. The Kier molecular flexibility index (Phi) is 2.75. The number of H-pyrrole nitrogens is 2. The van der Waals surface area contributed by atoms with E-state index in [4.69, 9.17) is 0 Å². The molecule has 96 valence electrons. The summed E-state index contributed by atoms with van der Waals surface area (Å²) in [6.45, 7) is 0.535. The first-order chi connectivity index (χ1) is 9.20. The van der Waals surface area contributed by atoms with Crippen molar-refractivity contribution in [3.63, 3.8) is 0 Å². The van der Waals surface area contributed by atoms with E-state index in [1.807, 2.05) is 0 Å². The summed E-state index contributed by atoms with van der Waals surface area (Å²) < 4.78 is 12.8. The maximum atomic E-state index is 12.8. The van der Waals surface area contributed by atoms with Gasteiger partial charge in [0.25, 0.3) is 0 Å². The molecule has 3 N–H and O–H groups in total. The van der Waals surface area contributed by atoms with Gasteiger partial charge in [0.15, 0.2) is 5.65 Å². The quantitative estimate of drug-likeness (QED) is 0.672. The largest absolute Gasteiger partial charge is 0.366 e. The van der Waals surface area contributed by atoms with Crippen molar-refractivity contribution in [1.82, 2.24) is 15.0 Å². The Balaban J connectivity index is 1.77. The third-order valence-electron chi connectivity index (χ3n) is 2.76. The molecule has 0 atom stereocenters. The van der Waals surface area contributed by atoms with Crippen LogP contribution in [0.5, 0.6) is 0 Å². The average molecular weight is 258 g/mol. The topological polar surface area (TPSA) is 73.6 Å². The van der Waals surface area contributed by atoms with Crippen LogP contribution in [0.1, 0.15) is 5.56 Å². The van der Waals surface area contributed by atoms with Gasteiger partial charge in [0, 0.05) is 6.54 Å². The standard InChI is InChI=1S/C13H11FN4O/c14-9-3-1-8(2-4-9)7-15-11-6-5-10-12(17-11)18-13(19)16-10/h1-6H,7H2,(H3,15,16,17,18,19). The van der Waals surface area contributed by atoms with Crippen LogP contribution in [0, 0.1) is 5.82 Å². The Bertz CT molecular complexity index is 760. The monoisotopic (exact) mass is 258 g/mol. The third kappa shape index (κ3) is 2.47. The van der Waals surface area contributed by atoms with E-state index >= 15 is 0 Å². The highest BCUT2D eigenvalue weighted by atomic mass is 19.1. The van der Waals surface area contributed by atoms with Gasteiger partial charge in [-0.05, 0) is 29.8 Å². The van der Waals surface area contributed by atoms with Crippen molar-refractivity contribution < 1.29 is 4.39 Å². The molecule has 2 aromatic heterocycles. The van der Waals surface area contributed by atoms with Crippen molar-refractivity contribution >= 4 is 17.0 Å². The van der Waals surface area contributed by atoms with E-state index in [-0.39, 0.29) is 11.5 Å². The first-order valence-corrected chi connectivity index (χ1v) is 5.78. The lowest BCUT2D eigenvalue weighted by atomic mass is 10.2. The van der Waals surface area contributed by atoms with E-state index in [1.54, 1.807) is 24.3 Å². The highest BCUT2D eigenvalue weighted by Gasteiger charge is 2.01. The van der Waals surface area contributed by atoms with Gasteiger partial charge in [0.05, 0.1) is 5.52 Å². The number of nitrogens with one attached hydrogen (secondary N) is 3. The molecule has 0 saturated carbocycles.